The fourth-order valence-electron chi connectivity index (χ4n) is 3.98. The summed E-state index contributed by atoms with van der Waals surface area (Å²) in [7, 11) is 0. The number of halogens is 1. The van der Waals surface area contributed by atoms with Crippen molar-refractivity contribution in [2.45, 2.75) is 38.8 Å². The van der Waals surface area contributed by atoms with Crippen LogP contribution in [0.25, 0.3) is 22.2 Å². The highest BCUT2D eigenvalue weighted by Gasteiger charge is 2.36. The largest absolute Gasteiger partial charge is 0.444 e. The Balaban J connectivity index is 1.34. The Hall–Kier alpha value is -3.76. The highest BCUT2D eigenvalue weighted by Crippen LogP contribution is 2.30. The summed E-state index contributed by atoms with van der Waals surface area (Å²) in [5.41, 5.74) is 2.21. The molecule has 2 N–H and O–H groups in total. The van der Waals surface area contributed by atoms with Gasteiger partial charge >= 0.3 is 6.09 Å². The molecule has 0 bridgehead atoms. The average Bonchev–Trinajstić information content (AvgIpc) is 3.31. The van der Waals surface area contributed by atoms with Gasteiger partial charge in [0.05, 0.1) is 23.4 Å². The third-order valence-electron chi connectivity index (χ3n) is 5.46. The summed E-state index contributed by atoms with van der Waals surface area (Å²) in [6.45, 7) is 7.04. The van der Waals surface area contributed by atoms with E-state index in [1.165, 1.54) is 18.5 Å². The topological polar surface area (TPSA) is 114 Å². The van der Waals surface area contributed by atoms with Crippen LogP contribution in [0.15, 0.2) is 30.9 Å². The first-order valence-electron chi connectivity index (χ1n) is 10.8. The summed E-state index contributed by atoms with van der Waals surface area (Å²) in [5, 5.41) is 3.29. The number of hydrogen-bond donors (Lipinski definition) is 2. The molecule has 4 heterocycles. The summed E-state index contributed by atoms with van der Waals surface area (Å²) in [6.07, 6.45) is 3.28. The van der Waals surface area contributed by atoms with Gasteiger partial charge in [-0.1, -0.05) is 0 Å². The molecule has 1 amide bonds. The lowest BCUT2D eigenvalue weighted by Crippen LogP contribution is -2.52. The van der Waals surface area contributed by atoms with E-state index in [0.29, 0.717) is 43.0 Å². The Morgan fingerprint density at radius 2 is 2.09 bits per heavy atom. The lowest BCUT2D eigenvalue weighted by molar-refractivity contribution is 0.00120. The van der Waals surface area contributed by atoms with Gasteiger partial charge in [-0.3, -0.25) is 0 Å². The van der Waals surface area contributed by atoms with Crippen molar-refractivity contribution >= 4 is 34.1 Å². The van der Waals surface area contributed by atoms with Crippen LogP contribution < -0.4 is 5.32 Å². The van der Waals surface area contributed by atoms with Crippen molar-refractivity contribution in [3.63, 3.8) is 0 Å². The van der Waals surface area contributed by atoms with Crippen LogP contribution in [-0.2, 0) is 11.2 Å². The predicted molar refractivity (Wildman–Crippen MR) is 120 cm³/mol. The first kappa shape index (κ1) is 21.1. The van der Waals surface area contributed by atoms with E-state index in [-0.39, 0.29) is 18.0 Å². The molecule has 0 saturated carbocycles. The van der Waals surface area contributed by atoms with Crippen LogP contribution in [0, 0.1) is 5.82 Å². The molecule has 0 radical (unpaired) electrons. The zero-order valence-electron chi connectivity index (χ0n) is 18.7. The van der Waals surface area contributed by atoms with Crippen molar-refractivity contribution < 1.29 is 13.9 Å². The molecule has 3 aromatic heterocycles. The van der Waals surface area contributed by atoms with Gasteiger partial charge in [0.25, 0.3) is 0 Å². The average molecular weight is 452 g/mol. The number of rotatable bonds is 5. The maximum absolute atomic E-state index is 14.0. The van der Waals surface area contributed by atoms with Crippen LogP contribution >= 0.6 is 0 Å². The SMILES string of the molecule is CC(C)(C)OC(=O)N1CC(n2c(CCNc3ncnc4[nH]cnc34)nc3ccc(F)cc32)C1. The Bertz CT molecular complexity index is 1320. The molecule has 0 atom stereocenters. The second-order valence-corrected chi connectivity index (χ2v) is 9.07. The summed E-state index contributed by atoms with van der Waals surface area (Å²) in [4.78, 5) is 34.4. The van der Waals surface area contributed by atoms with Crippen molar-refractivity contribution in [3.05, 3.63) is 42.5 Å². The number of anilines is 1. The predicted octanol–water partition coefficient (Wildman–Crippen LogP) is 3.29. The number of nitrogens with one attached hydrogen (secondary N) is 2. The molecule has 0 aliphatic carbocycles. The molecule has 1 saturated heterocycles. The highest BCUT2D eigenvalue weighted by atomic mass is 19.1. The molecule has 1 fully saturated rings. The van der Waals surface area contributed by atoms with E-state index in [1.54, 1.807) is 17.3 Å². The van der Waals surface area contributed by atoms with E-state index in [1.807, 2.05) is 25.3 Å². The monoisotopic (exact) mass is 452 g/mol. The maximum Gasteiger partial charge on any atom is 0.410 e. The normalized spacial score (nSPS) is 14.6. The van der Waals surface area contributed by atoms with E-state index in [0.717, 1.165) is 16.9 Å². The molecule has 0 spiro atoms. The number of fused-ring (bicyclic) bond motifs is 2. The van der Waals surface area contributed by atoms with Gasteiger partial charge < -0.3 is 24.5 Å². The number of carbonyl (C=O) groups excluding carboxylic acids is 1. The minimum atomic E-state index is -0.551. The van der Waals surface area contributed by atoms with Gasteiger partial charge in [-0.05, 0) is 39.0 Å². The van der Waals surface area contributed by atoms with Gasteiger partial charge in [0.2, 0.25) is 0 Å². The van der Waals surface area contributed by atoms with Crippen molar-refractivity contribution in [2.75, 3.05) is 25.0 Å². The second-order valence-electron chi connectivity index (χ2n) is 9.07. The van der Waals surface area contributed by atoms with Crippen LogP contribution in [0.1, 0.15) is 32.6 Å². The van der Waals surface area contributed by atoms with E-state index in [9.17, 15) is 9.18 Å². The third kappa shape index (κ3) is 4.18. The number of nitrogens with zero attached hydrogens (tertiary/aromatic N) is 6. The van der Waals surface area contributed by atoms with Crippen molar-refractivity contribution in [2.24, 2.45) is 0 Å². The number of aromatic amines is 1. The number of ether oxygens (including phenoxy) is 1. The Morgan fingerprint density at radius 3 is 2.88 bits per heavy atom. The first-order chi connectivity index (χ1) is 15.8. The Labute approximate surface area is 189 Å². The number of H-pyrrole nitrogens is 1. The van der Waals surface area contributed by atoms with Crippen molar-refractivity contribution in [3.8, 4) is 0 Å². The lowest BCUT2D eigenvalue weighted by Gasteiger charge is -2.41. The first-order valence-corrected chi connectivity index (χ1v) is 10.8. The highest BCUT2D eigenvalue weighted by molar-refractivity contribution is 5.82. The van der Waals surface area contributed by atoms with Crippen LogP contribution in [0.3, 0.4) is 0 Å². The fourth-order valence-corrected chi connectivity index (χ4v) is 3.98. The summed E-state index contributed by atoms with van der Waals surface area (Å²) >= 11 is 0. The number of benzene rings is 1. The molecule has 172 valence electrons. The molecule has 0 unspecified atom stereocenters. The molecule has 11 heteroatoms. The molecule has 1 aliphatic rings. The summed E-state index contributed by atoms with van der Waals surface area (Å²) in [6, 6.07) is 4.58. The van der Waals surface area contributed by atoms with Crippen molar-refractivity contribution in [1.29, 1.82) is 0 Å². The molecular weight excluding hydrogens is 427 g/mol. The van der Waals surface area contributed by atoms with Gasteiger partial charge in [0, 0.05) is 26.1 Å². The van der Waals surface area contributed by atoms with Crippen molar-refractivity contribution in [1.82, 2.24) is 34.4 Å². The smallest absolute Gasteiger partial charge is 0.410 e. The number of likely N-dealkylation sites (tertiary alicyclic amines) is 1. The summed E-state index contributed by atoms with van der Waals surface area (Å²) < 4.78 is 21.5. The zero-order chi connectivity index (χ0) is 23.2. The maximum atomic E-state index is 14.0. The molecule has 10 nitrogen and oxygen atoms in total. The van der Waals surface area contributed by atoms with Crippen LogP contribution in [0.4, 0.5) is 15.0 Å². The Kier molecular flexibility index (Phi) is 5.10. The van der Waals surface area contributed by atoms with Gasteiger partial charge in [0.15, 0.2) is 11.5 Å². The van der Waals surface area contributed by atoms with E-state index in [2.05, 4.69) is 25.3 Å². The minimum absolute atomic E-state index is 0.00332. The fraction of sp³-hybridized carbons (Fsp3) is 0.409. The zero-order valence-corrected chi connectivity index (χ0v) is 18.7. The van der Waals surface area contributed by atoms with Crippen LogP contribution in [0.2, 0.25) is 0 Å². The minimum Gasteiger partial charge on any atom is -0.444 e. The number of hydrogen-bond acceptors (Lipinski definition) is 7. The lowest BCUT2D eigenvalue weighted by atomic mass is 10.1. The van der Waals surface area contributed by atoms with E-state index in [4.69, 9.17) is 9.72 Å². The number of imidazole rings is 2. The van der Waals surface area contributed by atoms with E-state index >= 15 is 0 Å². The molecule has 5 rings (SSSR count). The van der Waals surface area contributed by atoms with Gasteiger partial charge in [-0.2, -0.15) is 0 Å². The molecular formula is C22H25FN8O2. The van der Waals surface area contributed by atoms with Gasteiger partial charge in [-0.15, -0.1) is 0 Å². The molecule has 33 heavy (non-hydrogen) atoms. The van der Waals surface area contributed by atoms with Gasteiger partial charge in [-0.25, -0.2) is 29.1 Å². The summed E-state index contributed by atoms with van der Waals surface area (Å²) in [5.74, 6) is 1.12. The Morgan fingerprint density at radius 1 is 1.27 bits per heavy atom. The molecule has 4 aromatic rings. The second kappa shape index (κ2) is 7.98. The molecule has 1 aliphatic heterocycles. The number of aromatic nitrogens is 6. The van der Waals surface area contributed by atoms with E-state index < -0.39 is 5.60 Å². The van der Waals surface area contributed by atoms with Crippen LogP contribution in [-0.4, -0.2) is 65.7 Å². The third-order valence-corrected chi connectivity index (χ3v) is 5.46. The quantitative estimate of drug-likeness (QED) is 0.478. The standard InChI is InChI=1S/C22H25FN8O2/c1-22(2,3)33-21(32)30-9-14(10-30)31-16-8-13(23)4-5-15(16)29-17(31)6-7-24-19-18-20(26-11-25-18)28-12-27-19/h4-5,8,11-12,14H,6-7,9-10H2,1-3H3,(H2,24,25,26,27,28). The molecule has 1 aromatic carbocycles. The number of amides is 1. The van der Waals surface area contributed by atoms with Crippen LogP contribution in [0.5, 0.6) is 0 Å². The van der Waals surface area contributed by atoms with Gasteiger partial charge in [0.1, 0.15) is 29.1 Å². The number of carbonyl (C=O) groups is 1.